The maximum absolute atomic E-state index is 12.0. The number of likely N-dealkylation sites (tertiary alicyclic amines) is 1. The van der Waals surface area contributed by atoms with Gasteiger partial charge in [-0.2, -0.15) is 0 Å². The maximum Gasteiger partial charge on any atom is 0.310 e. The predicted octanol–water partition coefficient (Wildman–Crippen LogP) is 2.50. The van der Waals surface area contributed by atoms with Crippen LogP contribution in [0.15, 0.2) is 41.4 Å². The second kappa shape index (κ2) is 9.92. The molecule has 0 radical (unpaired) electrons. The molecule has 150 valence electrons. The van der Waals surface area contributed by atoms with E-state index < -0.39 is 0 Å². The Morgan fingerprint density at radius 2 is 2.14 bits per heavy atom. The van der Waals surface area contributed by atoms with Gasteiger partial charge in [0.05, 0.1) is 18.0 Å². The van der Waals surface area contributed by atoms with Crippen molar-refractivity contribution < 1.29 is 9.53 Å². The topological polar surface area (TPSA) is 78.8 Å². The van der Waals surface area contributed by atoms with E-state index in [1.165, 1.54) is 0 Å². The van der Waals surface area contributed by atoms with Crippen LogP contribution in [0.25, 0.3) is 10.9 Å². The number of pyridine rings is 1. The first-order valence-electron chi connectivity index (χ1n) is 9.93. The third kappa shape index (κ3) is 5.12. The van der Waals surface area contributed by atoms with Crippen LogP contribution in [0, 0.1) is 5.92 Å². The molecule has 1 aromatic heterocycles. The van der Waals surface area contributed by atoms with Gasteiger partial charge >= 0.3 is 5.97 Å². The molecule has 0 amide bonds. The molecule has 1 aliphatic rings. The Labute approximate surface area is 166 Å². The number of nitrogens with one attached hydrogen (secondary N) is 2. The molecule has 0 saturated carbocycles. The van der Waals surface area contributed by atoms with Crippen molar-refractivity contribution in [1.82, 2.24) is 15.2 Å². The lowest BCUT2D eigenvalue weighted by molar-refractivity contribution is -0.149. The van der Waals surface area contributed by atoms with Gasteiger partial charge in [-0.1, -0.05) is 18.2 Å². The molecule has 1 atom stereocenters. The summed E-state index contributed by atoms with van der Waals surface area (Å²) in [6.45, 7) is 5.25. The van der Waals surface area contributed by atoms with Gasteiger partial charge in [-0.3, -0.25) is 9.79 Å². The lowest BCUT2D eigenvalue weighted by Gasteiger charge is -2.34. The number of aromatic nitrogens is 1. The van der Waals surface area contributed by atoms with Gasteiger partial charge in [-0.25, -0.2) is 4.98 Å². The van der Waals surface area contributed by atoms with Gasteiger partial charge in [0.1, 0.15) is 5.82 Å². The number of ether oxygens (including phenoxy) is 1. The Balaban J connectivity index is 1.47. The third-order valence-electron chi connectivity index (χ3n) is 4.87. The average molecular weight is 383 g/mol. The van der Waals surface area contributed by atoms with Crippen LogP contribution in [0.2, 0.25) is 0 Å². The first-order valence-corrected chi connectivity index (χ1v) is 9.93. The lowest BCUT2D eigenvalue weighted by Crippen LogP contribution is -2.49. The van der Waals surface area contributed by atoms with Crippen molar-refractivity contribution >= 4 is 28.6 Å². The predicted molar refractivity (Wildman–Crippen MR) is 113 cm³/mol. The van der Waals surface area contributed by atoms with Crippen LogP contribution in [-0.2, 0) is 9.53 Å². The summed E-state index contributed by atoms with van der Waals surface area (Å²) in [7, 11) is 1.77. The monoisotopic (exact) mass is 383 g/mol. The number of piperidine rings is 1. The normalized spacial score (nSPS) is 17.4. The molecule has 7 nitrogen and oxygen atoms in total. The smallest absolute Gasteiger partial charge is 0.310 e. The molecule has 7 heteroatoms. The zero-order chi connectivity index (χ0) is 19.8. The first-order chi connectivity index (χ1) is 13.7. The Bertz CT molecular complexity index is 823. The second-order valence-corrected chi connectivity index (χ2v) is 6.83. The molecule has 28 heavy (non-hydrogen) atoms. The van der Waals surface area contributed by atoms with Crippen molar-refractivity contribution in [3.63, 3.8) is 0 Å². The fourth-order valence-corrected chi connectivity index (χ4v) is 3.48. The fourth-order valence-electron chi connectivity index (χ4n) is 3.48. The summed E-state index contributed by atoms with van der Waals surface area (Å²) in [4.78, 5) is 23.2. The Kier molecular flexibility index (Phi) is 7.06. The van der Waals surface area contributed by atoms with Gasteiger partial charge in [0, 0.05) is 38.6 Å². The van der Waals surface area contributed by atoms with Gasteiger partial charge < -0.3 is 20.3 Å². The van der Waals surface area contributed by atoms with Crippen LogP contribution < -0.4 is 10.6 Å². The van der Waals surface area contributed by atoms with E-state index >= 15 is 0 Å². The molecule has 1 aliphatic heterocycles. The van der Waals surface area contributed by atoms with Crippen LogP contribution >= 0.6 is 0 Å². The number of rotatable bonds is 6. The van der Waals surface area contributed by atoms with Crippen LogP contribution in [0.1, 0.15) is 19.8 Å². The van der Waals surface area contributed by atoms with Crippen molar-refractivity contribution in [3.05, 3.63) is 36.4 Å². The summed E-state index contributed by atoms with van der Waals surface area (Å²) < 4.78 is 5.18. The Morgan fingerprint density at radius 1 is 1.29 bits per heavy atom. The highest BCUT2D eigenvalue weighted by molar-refractivity contribution is 5.81. The number of hydrogen-bond donors (Lipinski definition) is 2. The van der Waals surface area contributed by atoms with E-state index in [4.69, 9.17) is 4.74 Å². The van der Waals surface area contributed by atoms with Gasteiger partial charge in [-0.05, 0) is 38.0 Å². The minimum Gasteiger partial charge on any atom is -0.466 e. The van der Waals surface area contributed by atoms with Gasteiger partial charge in [0.15, 0.2) is 5.96 Å². The van der Waals surface area contributed by atoms with Crippen LogP contribution in [0.5, 0.6) is 0 Å². The molecule has 0 bridgehead atoms. The van der Waals surface area contributed by atoms with Crippen molar-refractivity contribution in [2.24, 2.45) is 10.9 Å². The molecule has 1 fully saturated rings. The zero-order valence-corrected chi connectivity index (χ0v) is 16.6. The standard InChI is InChI=1S/C21H29N5O2/c1-3-28-20(27)17-8-6-14-26(15-17)21(22-2)24-13-12-23-19-11-10-16-7-4-5-9-18(16)25-19/h4-5,7,9-11,17H,3,6,8,12-15H2,1-2H3,(H,22,24)(H,23,25). The number of para-hydroxylation sites is 1. The molecule has 2 aromatic rings. The molecule has 0 spiro atoms. The number of benzene rings is 1. The van der Waals surface area contributed by atoms with Crippen molar-refractivity contribution in [2.75, 3.05) is 45.2 Å². The van der Waals surface area contributed by atoms with E-state index in [1.807, 2.05) is 31.2 Å². The van der Waals surface area contributed by atoms with Gasteiger partial charge in [0.25, 0.3) is 0 Å². The summed E-state index contributed by atoms with van der Waals surface area (Å²) in [5.41, 5.74) is 0.981. The molecule has 1 unspecified atom stereocenters. The molecular formula is C21H29N5O2. The molecule has 0 aliphatic carbocycles. The summed E-state index contributed by atoms with van der Waals surface area (Å²) in [5.74, 6) is 1.50. The fraction of sp³-hybridized carbons (Fsp3) is 0.476. The molecule has 1 aromatic carbocycles. The highest BCUT2D eigenvalue weighted by Crippen LogP contribution is 2.18. The first kappa shape index (κ1) is 19.9. The minimum absolute atomic E-state index is 0.0767. The molecule has 2 N–H and O–H groups in total. The second-order valence-electron chi connectivity index (χ2n) is 6.83. The number of esters is 1. The number of aliphatic imine (C=N–C) groups is 1. The quantitative estimate of drug-likeness (QED) is 0.345. The number of carbonyl (C=O) groups excluding carboxylic acids is 1. The van der Waals surface area contributed by atoms with E-state index in [9.17, 15) is 4.79 Å². The van der Waals surface area contributed by atoms with E-state index in [0.29, 0.717) is 19.7 Å². The molecule has 3 rings (SSSR count). The van der Waals surface area contributed by atoms with Crippen LogP contribution in [0.3, 0.4) is 0 Å². The van der Waals surface area contributed by atoms with Crippen molar-refractivity contribution in [3.8, 4) is 0 Å². The Morgan fingerprint density at radius 3 is 2.96 bits per heavy atom. The number of hydrogen-bond acceptors (Lipinski definition) is 5. The molecule has 1 saturated heterocycles. The molecule has 2 heterocycles. The molecular weight excluding hydrogens is 354 g/mol. The number of anilines is 1. The summed E-state index contributed by atoms with van der Waals surface area (Å²) in [6, 6.07) is 12.1. The van der Waals surface area contributed by atoms with Crippen LogP contribution in [0.4, 0.5) is 5.82 Å². The third-order valence-corrected chi connectivity index (χ3v) is 4.87. The summed E-state index contributed by atoms with van der Waals surface area (Å²) in [6.07, 6.45) is 1.84. The lowest BCUT2D eigenvalue weighted by atomic mass is 9.98. The number of fused-ring (bicyclic) bond motifs is 1. The van der Waals surface area contributed by atoms with E-state index in [1.54, 1.807) is 7.05 Å². The zero-order valence-electron chi connectivity index (χ0n) is 16.6. The number of carbonyl (C=O) groups is 1. The minimum atomic E-state index is -0.105. The highest BCUT2D eigenvalue weighted by Gasteiger charge is 2.28. The number of guanidine groups is 1. The van der Waals surface area contributed by atoms with Crippen LogP contribution in [-0.4, -0.2) is 61.6 Å². The summed E-state index contributed by atoms with van der Waals surface area (Å²) in [5, 5.41) is 7.85. The van der Waals surface area contributed by atoms with Crippen molar-refractivity contribution in [2.45, 2.75) is 19.8 Å². The maximum atomic E-state index is 12.0. The van der Waals surface area contributed by atoms with E-state index in [0.717, 1.165) is 48.6 Å². The Hall–Kier alpha value is -2.83. The van der Waals surface area contributed by atoms with Crippen molar-refractivity contribution in [1.29, 1.82) is 0 Å². The van der Waals surface area contributed by atoms with E-state index in [-0.39, 0.29) is 11.9 Å². The average Bonchev–Trinajstić information content (AvgIpc) is 2.74. The summed E-state index contributed by atoms with van der Waals surface area (Å²) >= 11 is 0. The highest BCUT2D eigenvalue weighted by atomic mass is 16.5. The van der Waals surface area contributed by atoms with Gasteiger partial charge in [-0.15, -0.1) is 0 Å². The van der Waals surface area contributed by atoms with E-state index in [2.05, 4.69) is 37.6 Å². The largest absolute Gasteiger partial charge is 0.466 e. The van der Waals surface area contributed by atoms with Gasteiger partial charge in [0.2, 0.25) is 0 Å². The number of nitrogens with zero attached hydrogens (tertiary/aromatic N) is 3. The SMILES string of the molecule is CCOC(=O)C1CCCN(C(=NC)NCCNc2ccc3ccccc3n2)C1.